The van der Waals surface area contributed by atoms with Crippen LogP contribution in [0.25, 0.3) is 0 Å². The third-order valence-corrected chi connectivity index (χ3v) is 5.69. The standard InChI is InChI=1S/C27H26F2N2O3/c1-33-26-15-20(17-30-24-11-10-22(28)16-23(24)29)7-12-25(26)34-18-19-5-8-21(9-6-19)27(32)31-13-3-2-4-14-31/h5-12,15-17H,2-4,13-14,18H2,1H3. The van der Waals surface area contributed by atoms with Gasteiger partial charge in [0.2, 0.25) is 0 Å². The highest BCUT2D eigenvalue weighted by atomic mass is 19.1. The van der Waals surface area contributed by atoms with Crippen molar-refractivity contribution in [3.8, 4) is 11.5 Å². The first kappa shape index (κ1) is 23.4. The molecular weight excluding hydrogens is 438 g/mol. The van der Waals surface area contributed by atoms with Gasteiger partial charge in [-0.2, -0.15) is 0 Å². The zero-order chi connectivity index (χ0) is 23.9. The molecule has 0 N–H and O–H groups in total. The molecule has 3 aromatic rings. The third-order valence-electron chi connectivity index (χ3n) is 5.69. The zero-order valence-corrected chi connectivity index (χ0v) is 19.0. The molecule has 0 spiro atoms. The normalized spacial score (nSPS) is 13.8. The lowest BCUT2D eigenvalue weighted by atomic mass is 10.1. The minimum atomic E-state index is -0.730. The van der Waals surface area contributed by atoms with E-state index in [1.807, 2.05) is 29.2 Å². The van der Waals surface area contributed by atoms with Crippen LogP contribution in [0, 0.1) is 11.6 Å². The molecule has 1 aliphatic rings. The van der Waals surface area contributed by atoms with Crippen molar-refractivity contribution >= 4 is 17.8 Å². The fourth-order valence-electron chi connectivity index (χ4n) is 3.80. The number of hydrogen-bond acceptors (Lipinski definition) is 4. The summed E-state index contributed by atoms with van der Waals surface area (Å²) in [6, 6.07) is 15.9. The summed E-state index contributed by atoms with van der Waals surface area (Å²) in [5, 5.41) is 0. The number of methoxy groups -OCH3 is 1. The highest BCUT2D eigenvalue weighted by molar-refractivity contribution is 5.94. The molecule has 3 aromatic carbocycles. The smallest absolute Gasteiger partial charge is 0.253 e. The molecule has 0 aromatic heterocycles. The first-order valence-electron chi connectivity index (χ1n) is 11.2. The van der Waals surface area contributed by atoms with E-state index in [1.165, 1.54) is 25.8 Å². The zero-order valence-electron chi connectivity index (χ0n) is 19.0. The quantitative estimate of drug-likeness (QED) is 0.407. The summed E-state index contributed by atoms with van der Waals surface area (Å²) in [6.07, 6.45) is 4.78. The molecule has 4 rings (SSSR count). The van der Waals surface area contributed by atoms with Gasteiger partial charge in [-0.05, 0) is 72.9 Å². The molecule has 1 aliphatic heterocycles. The molecule has 1 saturated heterocycles. The van der Waals surface area contributed by atoms with E-state index >= 15 is 0 Å². The van der Waals surface area contributed by atoms with E-state index in [2.05, 4.69) is 4.99 Å². The number of piperidine rings is 1. The molecule has 1 fully saturated rings. The Kier molecular flexibility index (Phi) is 7.52. The second-order valence-corrected chi connectivity index (χ2v) is 8.10. The number of rotatable bonds is 7. The third kappa shape index (κ3) is 5.78. The highest BCUT2D eigenvalue weighted by Gasteiger charge is 2.18. The maximum atomic E-state index is 13.8. The van der Waals surface area contributed by atoms with Crippen molar-refractivity contribution in [1.29, 1.82) is 0 Å². The van der Waals surface area contributed by atoms with Crippen molar-refractivity contribution in [2.75, 3.05) is 20.2 Å². The van der Waals surface area contributed by atoms with Crippen LogP contribution in [0.4, 0.5) is 14.5 Å². The van der Waals surface area contributed by atoms with E-state index in [4.69, 9.17) is 9.47 Å². The van der Waals surface area contributed by atoms with Crippen molar-refractivity contribution in [2.45, 2.75) is 25.9 Å². The predicted molar refractivity (Wildman–Crippen MR) is 127 cm³/mol. The number of hydrogen-bond donors (Lipinski definition) is 0. The Labute approximate surface area is 197 Å². The SMILES string of the molecule is COc1cc(C=Nc2ccc(F)cc2F)ccc1OCc1ccc(C(=O)N2CCCCC2)cc1. The maximum absolute atomic E-state index is 13.8. The van der Waals surface area contributed by atoms with Crippen molar-refractivity contribution in [2.24, 2.45) is 4.99 Å². The van der Waals surface area contributed by atoms with Crippen LogP contribution in [0.5, 0.6) is 11.5 Å². The summed E-state index contributed by atoms with van der Waals surface area (Å²) in [4.78, 5) is 18.6. The number of carbonyl (C=O) groups is 1. The van der Waals surface area contributed by atoms with Crippen LogP contribution in [0.15, 0.2) is 65.7 Å². The first-order valence-corrected chi connectivity index (χ1v) is 11.2. The molecule has 0 unspecified atom stereocenters. The predicted octanol–water partition coefficient (Wildman–Crippen LogP) is 5.93. The molecule has 0 saturated carbocycles. The van der Waals surface area contributed by atoms with Crippen molar-refractivity contribution in [3.63, 3.8) is 0 Å². The number of amides is 1. The van der Waals surface area contributed by atoms with E-state index in [0.717, 1.165) is 43.6 Å². The Morgan fingerprint density at radius 3 is 2.44 bits per heavy atom. The Bertz CT molecular complexity index is 1170. The van der Waals surface area contributed by atoms with Crippen molar-refractivity contribution < 1.29 is 23.0 Å². The van der Waals surface area contributed by atoms with Gasteiger partial charge in [-0.15, -0.1) is 0 Å². The second-order valence-electron chi connectivity index (χ2n) is 8.10. The Morgan fingerprint density at radius 2 is 1.74 bits per heavy atom. The topological polar surface area (TPSA) is 51.1 Å². The van der Waals surface area contributed by atoms with Crippen LogP contribution < -0.4 is 9.47 Å². The van der Waals surface area contributed by atoms with Gasteiger partial charge in [0.1, 0.15) is 12.4 Å². The number of ether oxygens (including phenoxy) is 2. The van der Waals surface area contributed by atoms with E-state index in [1.54, 1.807) is 18.2 Å². The summed E-state index contributed by atoms with van der Waals surface area (Å²) >= 11 is 0. The van der Waals surface area contributed by atoms with Gasteiger partial charge in [-0.3, -0.25) is 9.79 Å². The van der Waals surface area contributed by atoms with Crippen molar-refractivity contribution in [1.82, 2.24) is 4.90 Å². The molecule has 1 heterocycles. The summed E-state index contributed by atoms with van der Waals surface area (Å²) in [5.41, 5.74) is 2.33. The van der Waals surface area contributed by atoms with Gasteiger partial charge in [-0.1, -0.05) is 12.1 Å². The summed E-state index contributed by atoms with van der Waals surface area (Å²) in [7, 11) is 1.53. The monoisotopic (exact) mass is 464 g/mol. The molecule has 34 heavy (non-hydrogen) atoms. The Balaban J connectivity index is 1.39. The number of nitrogens with zero attached hydrogens (tertiary/aromatic N) is 2. The van der Waals surface area contributed by atoms with Gasteiger partial charge < -0.3 is 14.4 Å². The second kappa shape index (κ2) is 10.9. The van der Waals surface area contributed by atoms with Gasteiger partial charge >= 0.3 is 0 Å². The molecule has 176 valence electrons. The number of likely N-dealkylation sites (tertiary alicyclic amines) is 1. The van der Waals surface area contributed by atoms with E-state index < -0.39 is 11.6 Å². The van der Waals surface area contributed by atoms with Crippen LogP contribution >= 0.6 is 0 Å². The minimum Gasteiger partial charge on any atom is -0.493 e. The van der Waals surface area contributed by atoms with E-state index in [-0.39, 0.29) is 11.6 Å². The van der Waals surface area contributed by atoms with Crippen molar-refractivity contribution in [3.05, 3.63) is 89.0 Å². The first-order chi connectivity index (χ1) is 16.5. The molecule has 5 nitrogen and oxygen atoms in total. The number of halogens is 2. The van der Waals surface area contributed by atoms with Gasteiger partial charge in [0.05, 0.1) is 12.8 Å². The highest BCUT2D eigenvalue weighted by Crippen LogP contribution is 2.29. The van der Waals surface area contributed by atoms with Crippen LogP contribution in [0.1, 0.15) is 40.7 Å². The molecule has 0 radical (unpaired) electrons. The molecule has 0 bridgehead atoms. The lowest BCUT2D eigenvalue weighted by Gasteiger charge is -2.26. The fraction of sp³-hybridized carbons (Fsp3) is 0.259. The van der Waals surface area contributed by atoms with Gasteiger partial charge in [-0.25, -0.2) is 8.78 Å². The summed E-state index contributed by atoms with van der Waals surface area (Å²) < 4.78 is 38.1. The molecule has 1 amide bonds. The number of benzene rings is 3. The number of aliphatic imine (C=N–C) groups is 1. The maximum Gasteiger partial charge on any atom is 0.253 e. The fourth-order valence-corrected chi connectivity index (χ4v) is 3.80. The minimum absolute atomic E-state index is 0.0444. The van der Waals surface area contributed by atoms with Crippen LogP contribution in [0.3, 0.4) is 0 Å². The van der Waals surface area contributed by atoms with Crippen LogP contribution in [-0.4, -0.2) is 37.2 Å². The van der Waals surface area contributed by atoms with E-state index in [9.17, 15) is 13.6 Å². The molecular formula is C27H26F2N2O3. The number of carbonyl (C=O) groups excluding carboxylic acids is 1. The molecule has 0 atom stereocenters. The van der Waals surface area contributed by atoms with Gasteiger partial charge in [0.25, 0.3) is 5.91 Å². The summed E-state index contributed by atoms with van der Waals surface area (Å²) in [5.74, 6) is -0.261. The average Bonchev–Trinajstić information content (AvgIpc) is 2.87. The summed E-state index contributed by atoms with van der Waals surface area (Å²) in [6.45, 7) is 1.95. The van der Waals surface area contributed by atoms with Gasteiger partial charge in [0, 0.05) is 30.9 Å². The Morgan fingerprint density at radius 1 is 0.971 bits per heavy atom. The average molecular weight is 465 g/mol. The van der Waals surface area contributed by atoms with Gasteiger partial charge in [0.15, 0.2) is 17.3 Å². The lowest BCUT2D eigenvalue weighted by molar-refractivity contribution is 0.0724. The van der Waals surface area contributed by atoms with Crippen LogP contribution in [0.2, 0.25) is 0 Å². The Hall–Kier alpha value is -3.74. The van der Waals surface area contributed by atoms with E-state index in [0.29, 0.717) is 29.2 Å². The largest absolute Gasteiger partial charge is 0.493 e. The molecule has 7 heteroatoms. The lowest BCUT2D eigenvalue weighted by Crippen LogP contribution is -2.35. The van der Waals surface area contributed by atoms with Crippen LogP contribution in [-0.2, 0) is 6.61 Å². The molecule has 0 aliphatic carbocycles.